The van der Waals surface area contributed by atoms with Crippen molar-refractivity contribution in [2.75, 3.05) is 0 Å². The van der Waals surface area contributed by atoms with Gasteiger partial charge in [-0.15, -0.1) is 0 Å². The quantitative estimate of drug-likeness (QED) is 0.766. The lowest BCUT2D eigenvalue weighted by atomic mass is 9.88. The van der Waals surface area contributed by atoms with Gasteiger partial charge in [-0.1, -0.05) is 18.2 Å². The van der Waals surface area contributed by atoms with Gasteiger partial charge in [-0.25, -0.2) is 9.97 Å². The molecular weight excluding hydrogens is 300 g/mol. The van der Waals surface area contributed by atoms with E-state index in [4.69, 9.17) is 4.74 Å². The van der Waals surface area contributed by atoms with E-state index in [1.807, 2.05) is 36.5 Å². The Balaban J connectivity index is 1.64. The molecule has 1 fully saturated rings. The first-order valence-corrected chi connectivity index (χ1v) is 8.51. The zero-order valence-electron chi connectivity index (χ0n) is 14.0. The average Bonchev–Trinajstić information content (AvgIpc) is 2.97. The average molecular weight is 322 g/mol. The smallest absolute Gasteiger partial charge is 0.171 e. The minimum absolute atomic E-state index is 0.431. The lowest BCUT2D eigenvalue weighted by Crippen LogP contribution is -2.41. The monoisotopic (exact) mass is 322 g/mol. The number of para-hydroxylation sites is 1. The maximum atomic E-state index is 5.98. The number of fused-ring (bicyclic) bond motifs is 1. The van der Waals surface area contributed by atoms with Crippen LogP contribution in [0.1, 0.15) is 38.4 Å². The minimum atomic E-state index is 0.431. The largest absolute Gasteiger partial charge is 0.453 e. The number of ether oxygens (including phenoxy) is 1. The molecule has 2 atom stereocenters. The van der Waals surface area contributed by atoms with E-state index in [0.717, 1.165) is 41.6 Å². The molecule has 3 aliphatic heterocycles. The molecule has 0 spiro atoms. The number of hydrogen-bond donors (Lipinski definition) is 2. The van der Waals surface area contributed by atoms with Gasteiger partial charge in [0.05, 0.1) is 12.4 Å². The molecule has 0 aromatic heterocycles. The van der Waals surface area contributed by atoms with Crippen LogP contribution in [0, 0.1) is 0 Å². The van der Waals surface area contributed by atoms with Crippen LogP contribution < -0.4 is 10.1 Å². The molecule has 2 N–H and O–H groups in total. The fourth-order valence-electron chi connectivity index (χ4n) is 3.59. The summed E-state index contributed by atoms with van der Waals surface area (Å²) in [6.07, 6.45) is 5.77. The highest BCUT2D eigenvalue weighted by Gasteiger charge is 2.27. The topological polar surface area (TPSA) is 62.8 Å². The summed E-state index contributed by atoms with van der Waals surface area (Å²) in [6.45, 7) is 4.46. The number of rotatable bonds is 3. The third kappa shape index (κ3) is 2.99. The van der Waals surface area contributed by atoms with Gasteiger partial charge in [-0.2, -0.15) is 0 Å². The number of H-pyrrole nitrogens is 1. The van der Waals surface area contributed by atoms with E-state index in [-0.39, 0.29) is 0 Å². The number of hydrogen-bond acceptors (Lipinski definition) is 4. The molecule has 1 saturated heterocycles. The summed E-state index contributed by atoms with van der Waals surface area (Å²) in [4.78, 5) is 12.5. The SMILES string of the molecule is CC1CC(c2ncc3ncc(Oc4ccccc4)c-3[nH]2)CC(C)N1. The summed E-state index contributed by atoms with van der Waals surface area (Å²) in [5.41, 5.74) is 1.75. The molecule has 3 aliphatic rings. The first kappa shape index (κ1) is 15.1. The zero-order valence-corrected chi connectivity index (χ0v) is 14.0. The van der Waals surface area contributed by atoms with E-state index in [9.17, 15) is 0 Å². The van der Waals surface area contributed by atoms with E-state index >= 15 is 0 Å². The number of nitrogens with one attached hydrogen (secondary N) is 2. The van der Waals surface area contributed by atoms with Gasteiger partial charge >= 0.3 is 0 Å². The van der Waals surface area contributed by atoms with Crippen LogP contribution >= 0.6 is 0 Å². The Morgan fingerprint density at radius 1 is 1.00 bits per heavy atom. The lowest BCUT2D eigenvalue weighted by molar-refractivity contribution is 0.309. The molecule has 0 radical (unpaired) electrons. The van der Waals surface area contributed by atoms with Crippen LogP contribution in [0.3, 0.4) is 0 Å². The van der Waals surface area contributed by atoms with Crippen molar-refractivity contribution in [3.8, 4) is 22.9 Å². The van der Waals surface area contributed by atoms with Gasteiger partial charge in [-0.3, -0.25) is 0 Å². The van der Waals surface area contributed by atoms with E-state index in [2.05, 4.69) is 34.1 Å². The first-order chi connectivity index (χ1) is 11.7. The fraction of sp³-hybridized carbons (Fsp3) is 0.368. The van der Waals surface area contributed by atoms with Crippen molar-refractivity contribution in [3.63, 3.8) is 0 Å². The normalized spacial score (nSPS) is 24.2. The number of nitrogens with zero attached hydrogens (tertiary/aromatic N) is 2. The fourth-order valence-corrected chi connectivity index (χ4v) is 3.59. The first-order valence-electron chi connectivity index (χ1n) is 8.51. The number of benzene rings is 1. The van der Waals surface area contributed by atoms with E-state index in [1.54, 1.807) is 6.20 Å². The second-order valence-electron chi connectivity index (χ2n) is 6.70. The molecule has 1 aromatic rings. The molecule has 5 heteroatoms. The van der Waals surface area contributed by atoms with Gasteiger partial charge in [0, 0.05) is 18.0 Å². The van der Waals surface area contributed by atoms with Crippen molar-refractivity contribution in [2.45, 2.75) is 44.7 Å². The predicted octanol–water partition coefficient (Wildman–Crippen LogP) is 3.95. The van der Waals surface area contributed by atoms with Crippen LogP contribution in [0.2, 0.25) is 0 Å². The van der Waals surface area contributed by atoms with Crippen LogP contribution in [0.5, 0.6) is 11.5 Å². The predicted molar refractivity (Wildman–Crippen MR) is 93.6 cm³/mol. The number of piperidine rings is 1. The third-order valence-corrected chi connectivity index (χ3v) is 4.61. The lowest BCUT2D eigenvalue weighted by Gasteiger charge is -2.32. The molecule has 3 heterocycles. The number of aromatic amines is 1. The van der Waals surface area contributed by atoms with Gasteiger partial charge in [0.2, 0.25) is 0 Å². The minimum Gasteiger partial charge on any atom is -0.453 e. The molecule has 4 rings (SSSR count). The highest BCUT2D eigenvalue weighted by Crippen LogP contribution is 2.35. The van der Waals surface area contributed by atoms with Crippen molar-refractivity contribution in [1.82, 2.24) is 20.3 Å². The van der Waals surface area contributed by atoms with Crippen molar-refractivity contribution in [1.29, 1.82) is 0 Å². The Morgan fingerprint density at radius 3 is 2.50 bits per heavy atom. The second kappa shape index (κ2) is 6.24. The maximum Gasteiger partial charge on any atom is 0.171 e. The van der Waals surface area contributed by atoms with E-state index in [1.165, 1.54) is 0 Å². The van der Waals surface area contributed by atoms with Crippen molar-refractivity contribution in [3.05, 3.63) is 48.5 Å². The van der Waals surface area contributed by atoms with Gasteiger partial charge < -0.3 is 15.0 Å². The maximum absolute atomic E-state index is 5.98. The summed E-state index contributed by atoms with van der Waals surface area (Å²) < 4.78 is 5.98. The van der Waals surface area contributed by atoms with E-state index in [0.29, 0.717) is 18.0 Å². The highest BCUT2D eigenvalue weighted by atomic mass is 16.5. The molecule has 0 bridgehead atoms. The molecule has 1 aromatic carbocycles. The molecule has 124 valence electrons. The molecule has 2 unspecified atom stereocenters. The van der Waals surface area contributed by atoms with Gasteiger partial charge in [-0.05, 0) is 38.8 Å². The Morgan fingerprint density at radius 2 is 1.75 bits per heavy atom. The number of aromatic nitrogens is 3. The van der Waals surface area contributed by atoms with Crippen LogP contribution in [-0.4, -0.2) is 27.0 Å². The van der Waals surface area contributed by atoms with E-state index < -0.39 is 0 Å². The molecule has 0 aliphatic carbocycles. The molecular formula is C19H22N4O. The Bertz CT molecular complexity index is 775. The van der Waals surface area contributed by atoms with Crippen molar-refractivity contribution in [2.24, 2.45) is 0 Å². The second-order valence-corrected chi connectivity index (χ2v) is 6.70. The molecule has 0 saturated carbocycles. The summed E-state index contributed by atoms with van der Waals surface area (Å²) >= 11 is 0. The Kier molecular flexibility index (Phi) is 3.94. The highest BCUT2D eigenvalue weighted by molar-refractivity contribution is 5.64. The van der Waals surface area contributed by atoms with Crippen LogP contribution in [0.4, 0.5) is 0 Å². The molecule has 5 nitrogen and oxygen atoms in total. The van der Waals surface area contributed by atoms with Crippen molar-refractivity contribution < 1.29 is 4.74 Å². The van der Waals surface area contributed by atoms with Gasteiger partial charge in [0.15, 0.2) is 5.75 Å². The van der Waals surface area contributed by atoms with Crippen LogP contribution in [0.25, 0.3) is 11.4 Å². The standard InChI is InChI=1S/C19H22N4O/c1-12-8-14(9-13(2)22-12)19-21-10-16-18(23-19)17(11-20-16)24-15-6-4-3-5-7-15/h3-7,10-14,22H,8-9H2,1-2H3,(H,21,23). The zero-order chi connectivity index (χ0) is 16.5. The summed E-state index contributed by atoms with van der Waals surface area (Å²) in [5, 5.41) is 3.58. The summed E-state index contributed by atoms with van der Waals surface area (Å²) in [6, 6.07) is 10.8. The summed E-state index contributed by atoms with van der Waals surface area (Å²) in [7, 11) is 0. The Hall–Kier alpha value is -2.40. The van der Waals surface area contributed by atoms with Crippen LogP contribution in [-0.2, 0) is 0 Å². The van der Waals surface area contributed by atoms with Crippen LogP contribution in [0.15, 0.2) is 42.7 Å². The Labute approximate surface area is 141 Å². The molecule has 24 heavy (non-hydrogen) atoms. The summed E-state index contributed by atoms with van der Waals surface area (Å²) in [5.74, 6) is 3.01. The third-order valence-electron chi connectivity index (χ3n) is 4.61. The van der Waals surface area contributed by atoms with Crippen molar-refractivity contribution >= 4 is 0 Å². The van der Waals surface area contributed by atoms with Gasteiger partial charge in [0.25, 0.3) is 0 Å². The van der Waals surface area contributed by atoms with Gasteiger partial charge in [0.1, 0.15) is 23.0 Å². The molecule has 0 amide bonds.